The summed E-state index contributed by atoms with van der Waals surface area (Å²) < 4.78 is 1.16. The maximum Gasteiger partial charge on any atom is 0.0705 e. The number of rotatable bonds is 4. The van der Waals surface area contributed by atoms with Gasteiger partial charge in [0.2, 0.25) is 0 Å². The van der Waals surface area contributed by atoms with Crippen LogP contribution in [0.15, 0.2) is 52.4 Å². The van der Waals surface area contributed by atoms with Gasteiger partial charge in [-0.2, -0.15) is 0 Å². The average Bonchev–Trinajstić information content (AvgIpc) is 2.89. The number of halogens is 1. The van der Waals surface area contributed by atoms with Crippen molar-refractivity contribution in [2.45, 2.75) is 12.5 Å². The van der Waals surface area contributed by atoms with Gasteiger partial charge in [0, 0.05) is 38.8 Å². The fourth-order valence-corrected chi connectivity index (χ4v) is 3.95. The zero-order chi connectivity index (χ0) is 13.9. The van der Waals surface area contributed by atoms with E-state index in [0.717, 1.165) is 16.4 Å². The topological polar surface area (TPSA) is 24.9 Å². The summed E-state index contributed by atoms with van der Waals surface area (Å²) in [4.78, 5) is 5.81. The van der Waals surface area contributed by atoms with Crippen molar-refractivity contribution >= 4 is 38.2 Å². The van der Waals surface area contributed by atoms with Gasteiger partial charge in [-0.3, -0.25) is 4.98 Å². The average molecular weight is 347 g/mol. The third kappa shape index (κ3) is 2.77. The molecule has 0 bridgehead atoms. The Hall–Kier alpha value is -1.23. The Bertz CT molecular complexity index is 718. The standard InChI is InChI=1S/C16H15BrN2S/c1-18-16(9-12-8-11(17)10-20-12)14-6-7-19-15-5-3-2-4-13(14)15/h2-8,10,16,18H,9H2,1H3. The van der Waals surface area contributed by atoms with E-state index >= 15 is 0 Å². The Morgan fingerprint density at radius 1 is 1.30 bits per heavy atom. The summed E-state index contributed by atoms with van der Waals surface area (Å²) in [6.07, 6.45) is 2.88. The molecule has 2 heterocycles. The van der Waals surface area contributed by atoms with Gasteiger partial charge in [-0.05, 0) is 46.7 Å². The summed E-state index contributed by atoms with van der Waals surface area (Å²) in [6.45, 7) is 0. The van der Waals surface area contributed by atoms with E-state index in [1.54, 1.807) is 11.3 Å². The SMILES string of the molecule is CNC(Cc1cc(Br)cs1)c1ccnc2ccccc12. The normalized spacial score (nSPS) is 12.7. The number of likely N-dealkylation sites (N-methyl/N-ethyl adjacent to an activating group) is 1. The van der Waals surface area contributed by atoms with Gasteiger partial charge in [0.25, 0.3) is 0 Å². The number of hydrogen-bond acceptors (Lipinski definition) is 3. The third-order valence-electron chi connectivity index (χ3n) is 3.43. The predicted octanol–water partition coefficient (Wildman–Crippen LogP) is 4.56. The molecule has 0 amide bonds. The first kappa shape index (κ1) is 13.7. The van der Waals surface area contributed by atoms with Crippen molar-refractivity contribution in [1.29, 1.82) is 0 Å². The number of aromatic nitrogens is 1. The van der Waals surface area contributed by atoms with Crippen molar-refractivity contribution in [3.05, 3.63) is 62.9 Å². The number of para-hydroxylation sites is 1. The molecule has 0 radical (unpaired) electrons. The first-order valence-electron chi connectivity index (χ1n) is 6.52. The van der Waals surface area contributed by atoms with E-state index in [9.17, 15) is 0 Å². The molecule has 2 aromatic heterocycles. The number of thiophene rings is 1. The lowest BCUT2D eigenvalue weighted by Crippen LogP contribution is -2.18. The molecule has 20 heavy (non-hydrogen) atoms. The van der Waals surface area contributed by atoms with Crippen LogP contribution in [-0.2, 0) is 6.42 Å². The van der Waals surface area contributed by atoms with Crippen LogP contribution < -0.4 is 5.32 Å². The van der Waals surface area contributed by atoms with Gasteiger partial charge >= 0.3 is 0 Å². The molecule has 3 rings (SSSR count). The molecular weight excluding hydrogens is 332 g/mol. The van der Waals surface area contributed by atoms with Gasteiger partial charge in [-0.1, -0.05) is 18.2 Å². The van der Waals surface area contributed by atoms with Crippen LogP contribution in [-0.4, -0.2) is 12.0 Å². The van der Waals surface area contributed by atoms with E-state index in [4.69, 9.17) is 0 Å². The minimum Gasteiger partial charge on any atom is -0.313 e. The predicted molar refractivity (Wildman–Crippen MR) is 89.3 cm³/mol. The highest BCUT2D eigenvalue weighted by molar-refractivity contribution is 9.10. The zero-order valence-corrected chi connectivity index (χ0v) is 13.5. The summed E-state index contributed by atoms with van der Waals surface area (Å²) in [5, 5.41) is 6.79. The van der Waals surface area contributed by atoms with Gasteiger partial charge in [-0.25, -0.2) is 0 Å². The van der Waals surface area contributed by atoms with E-state index < -0.39 is 0 Å². The minimum absolute atomic E-state index is 0.299. The van der Waals surface area contributed by atoms with Gasteiger partial charge < -0.3 is 5.32 Å². The summed E-state index contributed by atoms with van der Waals surface area (Å²) in [5.74, 6) is 0. The van der Waals surface area contributed by atoms with Gasteiger partial charge in [0.15, 0.2) is 0 Å². The van der Waals surface area contributed by atoms with E-state index in [1.165, 1.54) is 15.8 Å². The van der Waals surface area contributed by atoms with Crippen molar-refractivity contribution in [2.24, 2.45) is 0 Å². The molecule has 0 saturated heterocycles. The van der Waals surface area contributed by atoms with Crippen molar-refractivity contribution in [1.82, 2.24) is 10.3 Å². The molecule has 1 unspecified atom stereocenters. The Morgan fingerprint density at radius 3 is 2.90 bits per heavy atom. The largest absolute Gasteiger partial charge is 0.313 e. The maximum absolute atomic E-state index is 4.44. The molecule has 2 nitrogen and oxygen atoms in total. The molecule has 0 aliphatic carbocycles. The van der Waals surface area contributed by atoms with Crippen LogP contribution in [0.4, 0.5) is 0 Å². The van der Waals surface area contributed by atoms with Crippen molar-refractivity contribution in [3.63, 3.8) is 0 Å². The Morgan fingerprint density at radius 2 is 2.15 bits per heavy atom. The maximum atomic E-state index is 4.44. The highest BCUT2D eigenvalue weighted by atomic mass is 79.9. The second kappa shape index (κ2) is 6.04. The number of nitrogens with one attached hydrogen (secondary N) is 1. The van der Waals surface area contributed by atoms with E-state index in [2.05, 4.69) is 61.9 Å². The van der Waals surface area contributed by atoms with Crippen LogP contribution in [0, 0.1) is 0 Å². The van der Waals surface area contributed by atoms with Gasteiger partial charge in [0.05, 0.1) is 5.52 Å². The Kier molecular flexibility index (Phi) is 4.15. The lowest BCUT2D eigenvalue weighted by Gasteiger charge is -2.17. The van der Waals surface area contributed by atoms with Crippen LogP contribution >= 0.6 is 27.3 Å². The fraction of sp³-hybridized carbons (Fsp3) is 0.188. The molecule has 1 N–H and O–H groups in total. The van der Waals surface area contributed by atoms with Crippen molar-refractivity contribution in [3.8, 4) is 0 Å². The second-order valence-electron chi connectivity index (χ2n) is 4.69. The van der Waals surface area contributed by atoms with E-state index in [1.807, 2.05) is 19.3 Å². The third-order valence-corrected chi connectivity index (χ3v) is 5.15. The Labute approximate surface area is 131 Å². The smallest absolute Gasteiger partial charge is 0.0705 e. The fourth-order valence-electron chi connectivity index (χ4n) is 2.45. The number of hydrogen-bond donors (Lipinski definition) is 1. The number of benzene rings is 1. The van der Waals surface area contributed by atoms with Crippen LogP contribution in [0.3, 0.4) is 0 Å². The molecular formula is C16H15BrN2S. The van der Waals surface area contributed by atoms with Crippen LogP contribution in [0.1, 0.15) is 16.5 Å². The zero-order valence-electron chi connectivity index (χ0n) is 11.1. The van der Waals surface area contributed by atoms with E-state index in [0.29, 0.717) is 6.04 Å². The highest BCUT2D eigenvalue weighted by Gasteiger charge is 2.14. The number of nitrogens with zero attached hydrogens (tertiary/aromatic N) is 1. The quantitative estimate of drug-likeness (QED) is 0.748. The number of pyridine rings is 1. The van der Waals surface area contributed by atoms with E-state index in [-0.39, 0.29) is 0 Å². The first-order chi connectivity index (χ1) is 9.78. The lowest BCUT2D eigenvalue weighted by atomic mass is 9.99. The molecule has 0 spiro atoms. The molecule has 0 aliphatic rings. The van der Waals surface area contributed by atoms with Crippen LogP contribution in [0.5, 0.6) is 0 Å². The highest BCUT2D eigenvalue weighted by Crippen LogP contribution is 2.28. The van der Waals surface area contributed by atoms with Crippen molar-refractivity contribution in [2.75, 3.05) is 7.05 Å². The molecule has 4 heteroatoms. The second-order valence-corrected chi connectivity index (χ2v) is 6.61. The molecule has 3 aromatic rings. The summed E-state index contributed by atoms with van der Waals surface area (Å²) in [7, 11) is 2.02. The summed E-state index contributed by atoms with van der Waals surface area (Å²) in [5.41, 5.74) is 2.36. The summed E-state index contributed by atoms with van der Waals surface area (Å²) >= 11 is 5.31. The Balaban J connectivity index is 1.98. The summed E-state index contributed by atoms with van der Waals surface area (Å²) in [6, 6.07) is 12.9. The van der Waals surface area contributed by atoms with Crippen molar-refractivity contribution < 1.29 is 0 Å². The molecule has 0 fully saturated rings. The van der Waals surface area contributed by atoms with Gasteiger partial charge in [-0.15, -0.1) is 11.3 Å². The molecule has 0 aliphatic heterocycles. The van der Waals surface area contributed by atoms with Crippen LogP contribution in [0.2, 0.25) is 0 Å². The lowest BCUT2D eigenvalue weighted by molar-refractivity contribution is 0.600. The molecule has 1 atom stereocenters. The molecule has 102 valence electrons. The molecule has 0 saturated carbocycles. The van der Waals surface area contributed by atoms with Crippen LogP contribution in [0.25, 0.3) is 10.9 Å². The number of fused-ring (bicyclic) bond motifs is 1. The minimum atomic E-state index is 0.299. The van der Waals surface area contributed by atoms with Gasteiger partial charge in [0.1, 0.15) is 0 Å². The monoisotopic (exact) mass is 346 g/mol. The first-order valence-corrected chi connectivity index (χ1v) is 8.19. The molecule has 1 aromatic carbocycles.